The van der Waals surface area contributed by atoms with Crippen LogP contribution in [-0.4, -0.2) is 34.0 Å². The number of anilines is 2. The number of hydrogen-bond acceptors (Lipinski definition) is 4. The molecule has 0 atom stereocenters. The average molecular weight is 442 g/mol. The van der Waals surface area contributed by atoms with Crippen LogP contribution in [0.2, 0.25) is 0 Å². The molecule has 0 saturated carbocycles. The first-order valence-electron chi connectivity index (χ1n) is 10.8. The molecule has 6 nitrogen and oxygen atoms in total. The second-order valence-electron chi connectivity index (χ2n) is 8.52. The van der Waals surface area contributed by atoms with Gasteiger partial charge in [-0.1, -0.05) is 35.4 Å². The lowest BCUT2D eigenvalue weighted by molar-refractivity contribution is 0.218. The van der Waals surface area contributed by atoms with E-state index in [-0.39, 0.29) is 17.8 Å². The predicted octanol–water partition coefficient (Wildman–Crippen LogP) is 5.08. The van der Waals surface area contributed by atoms with Crippen molar-refractivity contribution in [1.82, 2.24) is 14.9 Å². The van der Waals surface area contributed by atoms with Gasteiger partial charge < -0.3 is 10.6 Å². The molecule has 1 saturated heterocycles. The molecule has 166 valence electrons. The molecule has 1 aliphatic heterocycles. The second kappa shape index (κ2) is 8.16. The first-order chi connectivity index (χ1) is 15.9. The van der Waals surface area contributed by atoms with Crippen LogP contribution >= 0.6 is 0 Å². The van der Waals surface area contributed by atoms with E-state index in [1.807, 2.05) is 6.07 Å². The van der Waals surface area contributed by atoms with Gasteiger partial charge in [0, 0.05) is 42.5 Å². The van der Waals surface area contributed by atoms with Crippen molar-refractivity contribution in [3.63, 3.8) is 0 Å². The normalized spacial score (nSPS) is 13.8. The lowest BCUT2D eigenvalue weighted by Crippen LogP contribution is -2.31. The summed E-state index contributed by atoms with van der Waals surface area (Å²) in [6.45, 7) is 5.77. The van der Waals surface area contributed by atoms with Crippen LogP contribution in [0.3, 0.4) is 0 Å². The Morgan fingerprint density at radius 3 is 2.55 bits per heavy atom. The Kier molecular flexibility index (Phi) is 5.17. The van der Waals surface area contributed by atoms with E-state index in [1.54, 1.807) is 40.3 Å². The minimum absolute atomic E-state index is 0.109. The standard InChI is InChI=1S/C26H24FN5O/c1-16-9-17(2)11-18(10-16)15-31-7-8-32(26(31)33)21-4-5-22(23(27)13-21)19-3-6-24-20(12-19)14-29-25(28)30-24/h3-6,9-14H,7-8,15H2,1-2H3,(H2,28,29,30). The van der Waals surface area contributed by atoms with E-state index in [0.29, 0.717) is 42.0 Å². The highest BCUT2D eigenvalue weighted by Crippen LogP contribution is 2.30. The van der Waals surface area contributed by atoms with Crippen molar-refractivity contribution in [3.8, 4) is 11.1 Å². The van der Waals surface area contributed by atoms with Gasteiger partial charge in [-0.15, -0.1) is 0 Å². The number of nitrogen functional groups attached to an aromatic ring is 1. The Hall–Kier alpha value is -4.00. The molecule has 0 spiro atoms. The highest BCUT2D eigenvalue weighted by atomic mass is 19.1. The van der Waals surface area contributed by atoms with Crippen molar-refractivity contribution in [2.75, 3.05) is 23.7 Å². The molecule has 4 aromatic rings. The van der Waals surface area contributed by atoms with Crippen LogP contribution in [0.4, 0.5) is 20.8 Å². The van der Waals surface area contributed by atoms with E-state index in [2.05, 4.69) is 42.0 Å². The van der Waals surface area contributed by atoms with Crippen LogP contribution in [0.25, 0.3) is 22.0 Å². The van der Waals surface area contributed by atoms with E-state index in [9.17, 15) is 4.79 Å². The number of carbonyl (C=O) groups excluding carboxylic acids is 1. The fraction of sp³-hybridized carbons (Fsp3) is 0.192. The fourth-order valence-electron chi connectivity index (χ4n) is 4.47. The molecule has 1 aliphatic rings. The number of urea groups is 1. The number of hydrogen-bond donors (Lipinski definition) is 1. The molecule has 2 amide bonds. The van der Waals surface area contributed by atoms with E-state index in [1.165, 1.54) is 17.2 Å². The number of halogens is 1. The number of aryl methyl sites for hydroxylation is 2. The molecular formula is C26H24FN5O. The van der Waals surface area contributed by atoms with Crippen LogP contribution in [0, 0.1) is 19.7 Å². The number of aromatic nitrogens is 2. The molecule has 0 radical (unpaired) electrons. The van der Waals surface area contributed by atoms with Gasteiger partial charge in [0.1, 0.15) is 5.82 Å². The number of nitrogens with zero attached hydrogens (tertiary/aromatic N) is 4. The topological polar surface area (TPSA) is 75.3 Å². The Balaban J connectivity index is 1.37. The third kappa shape index (κ3) is 4.09. The van der Waals surface area contributed by atoms with Crippen LogP contribution < -0.4 is 10.6 Å². The highest BCUT2D eigenvalue weighted by Gasteiger charge is 2.30. The highest BCUT2D eigenvalue weighted by molar-refractivity contribution is 5.94. The van der Waals surface area contributed by atoms with Gasteiger partial charge in [0.15, 0.2) is 0 Å². The zero-order valence-electron chi connectivity index (χ0n) is 18.5. The molecule has 3 aromatic carbocycles. The summed E-state index contributed by atoms with van der Waals surface area (Å²) in [6.07, 6.45) is 1.63. The molecule has 5 rings (SSSR count). The van der Waals surface area contributed by atoms with Gasteiger partial charge in [-0.05, 0) is 55.3 Å². The van der Waals surface area contributed by atoms with Gasteiger partial charge >= 0.3 is 6.03 Å². The number of nitrogens with two attached hydrogens (primary N) is 1. The Morgan fingerprint density at radius 2 is 1.79 bits per heavy atom. The lowest BCUT2D eigenvalue weighted by atomic mass is 10.0. The average Bonchev–Trinajstić information content (AvgIpc) is 3.12. The number of carbonyl (C=O) groups is 1. The minimum Gasteiger partial charge on any atom is -0.368 e. The SMILES string of the molecule is Cc1cc(C)cc(CN2CCN(c3ccc(-c4ccc5nc(N)ncc5c4)c(F)c3)C2=O)c1. The smallest absolute Gasteiger partial charge is 0.324 e. The van der Waals surface area contributed by atoms with Gasteiger partial charge in [0.25, 0.3) is 0 Å². The van der Waals surface area contributed by atoms with Gasteiger partial charge in [-0.25, -0.2) is 19.2 Å². The monoisotopic (exact) mass is 441 g/mol. The summed E-state index contributed by atoms with van der Waals surface area (Å²) >= 11 is 0. The number of rotatable bonds is 4. The summed E-state index contributed by atoms with van der Waals surface area (Å²) in [7, 11) is 0. The van der Waals surface area contributed by atoms with E-state index < -0.39 is 0 Å². The zero-order chi connectivity index (χ0) is 23.1. The Bertz CT molecular complexity index is 1370. The molecule has 0 unspecified atom stereocenters. The van der Waals surface area contributed by atoms with Crippen molar-refractivity contribution in [3.05, 3.63) is 83.3 Å². The van der Waals surface area contributed by atoms with Crippen LogP contribution in [0.15, 0.2) is 60.8 Å². The van der Waals surface area contributed by atoms with E-state index in [0.717, 1.165) is 10.9 Å². The van der Waals surface area contributed by atoms with Crippen molar-refractivity contribution < 1.29 is 9.18 Å². The molecular weight excluding hydrogens is 417 g/mol. The maximum Gasteiger partial charge on any atom is 0.324 e. The third-order valence-electron chi connectivity index (χ3n) is 5.92. The first kappa shape index (κ1) is 20.9. The van der Waals surface area contributed by atoms with Crippen LogP contribution in [0.1, 0.15) is 16.7 Å². The molecule has 2 N–H and O–H groups in total. The molecule has 1 fully saturated rings. The molecule has 1 aromatic heterocycles. The summed E-state index contributed by atoms with van der Waals surface area (Å²) in [5.41, 5.74) is 11.5. The second-order valence-corrected chi connectivity index (χ2v) is 8.52. The summed E-state index contributed by atoms with van der Waals surface area (Å²) in [6, 6.07) is 16.6. The fourth-order valence-corrected chi connectivity index (χ4v) is 4.47. The van der Waals surface area contributed by atoms with E-state index in [4.69, 9.17) is 5.73 Å². The number of amides is 2. The maximum atomic E-state index is 15.1. The van der Waals surface area contributed by atoms with Crippen LogP contribution in [-0.2, 0) is 6.54 Å². The van der Waals surface area contributed by atoms with Crippen molar-refractivity contribution >= 4 is 28.6 Å². The molecule has 0 aliphatic carbocycles. The molecule has 0 bridgehead atoms. The largest absolute Gasteiger partial charge is 0.368 e. The van der Waals surface area contributed by atoms with Gasteiger partial charge in [0.2, 0.25) is 5.95 Å². The lowest BCUT2D eigenvalue weighted by Gasteiger charge is -2.20. The van der Waals surface area contributed by atoms with Crippen LogP contribution in [0.5, 0.6) is 0 Å². The van der Waals surface area contributed by atoms with Crippen molar-refractivity contribution in [1.29, 1.82) is 0 Å². The quantitative estimate of drug-likeness (QED) is 0.479. The van der Waals surface area contributed by atoms with E-state index >= 15 is 4.39 Å². The zero-order valence-corrected chi connectivity index (χ0v) is 18.5. The van der Waals surface area contributed by atoms with Gasteiger partial charge in [0.05, 0.1) is 5.52 Å². The Labute approximate surface area is 191 Å². The number of benzene rings is 3. The summed E-state index contributed by atoms with van der Waals surface area (Å²) in [5, 5.41) is 0.780. The molecule has 7 heteroatoms. The van der Waals surface area contributed by atoms with Gasteiger partial charge in [-0.2, -0.15) is 0 Å². The molecule has 33 heavy (non-hydrogen) atoms. The van der Waals surface area contributed by atoms with Crippen molar-refractivity contribution in [2.45, 2.75) is 20.4 Å². The first-order valence-corrected chi connectivity index (χ1v) is 10.8. The molecule has 2 heterocycles. The summed E-state index contributed by atoms with van der Waals surface area (Å²) < 4.78 is 15.1. The Morgan fingerprint density at radius 1 is 1.00 bits per heavy atom. The third-order valence-corrected chi connectivity index (χ3v) is 5.92. The summed E-state index contributed by atoms with van der Waals surface area (Å²) in [5.74, 6) is -0.184. The minimum atomic E-state index is -0.385. The predicted molar refractivity (Wildman–Crippen MR) is 128 cm³/mol. The summed E-state index contributed by atoms with van der Waals surface area (Å²) in [4.78, 5) is 24.6. The number of fused-ring (bicyclic) bond motifs is 1. The van der Waals surface area contributed by atoms with Crippen molar-refractivity contribution in [2.24, 2.45) is 0 Å². The van der Waals surface area contributed by atoms with Gasteiger partial charge in [-0.3, -0.25) is 4.90 Å². The maximum absolute atomic E-state index is 15.1.